The molecule has 1 aliphatic rings. The molecule has 1 aliphatic heterocycles. The number of methoxy groups -OCH3 is 2. The van der Waals surface area contributed by atoms with Crippen LogP contribution in [0.25, 0.3) is 17.4 Å². The van der Waals surface area contributed by atoms with E-state index in [4.69, 9.17) is 13.9 Å². The summed E-state index contributed by atoms with van der Waals surface area (Å²) in [5.74, 6) is 4.06. The summed E-state index contributed by atoms with van der Waals surface area (Å²) >= 11 is 1.81. The monoisotopic (exact) mass is 303 g/mol. The minimum absolute atomic E-state index is 0.696. The van der Waals surface area contributed by atoms with Crippen LogP contribution in [0.15, 0.2) is 39.7 Å². The molecular formula is C16H17NO3S. The average Bonchev–Trinajstić information content (AvgIpc) is 3.19. The lowest BCUT2D eigenvalue weighted by Gasteiger charge is -2.08. The Balaban J connectivity index is 1.87. The summed E-state index contributed by atoms with van der Waals surface area (Å²) in [6, 6.07) is 9.72. The lowest BCUT2D eigenvalue weighted by atomic mass is 10.1. The van der Waals surface area contributed by atoms with Crippen molar-refractivity contribution in [1.29, 1.82) is 0 Å². The average molecular weight is 303 g/mol. The molecule has 5 heteroatoms. The predicted molar refractivity (Wildman–Crippen MR) is 85.7 cm³/mol. The summed E-state index contributed by atoms with van der Waals surface area (Å²) in [5.41, 5.74) is 0.967. The molecule has 0 amide bonds. The smallest absolute Gasteiger partial charge is 0.161 e. The zero-order valence-electron chi connectivity index (χ0n) is 12.0. The summed E-state index contributed by atoms with van der Waals surface area (Å²) < 4.78 is 16.5. The quantitative estimate of drug-likeness (QED) is 0.935. The molecular weight excluding hydrogens is 286 g/mol. The molecule has 0 saturated carbocycles. The number of hydrogen-bond acceptors (Lipinski definition) is 5. The molecule has 21 heavy (non-hydrogen) atoms. The first kappa shape index (κ1) is 14.1. The molecule has 1 aromatic heterocycles. The van der Waals surface area contributed by atoms with Gasteiger partial charge in [-0.1, -0.05) is 0 Å². The van der Waals surface area contributed by atoms with Gasteiger partial charge in [-0.15, -0.1) is 11.8 Å². The van der Waals surface area contributed by atoms with Gasteiger partial charge >= 0.3 is 0 Å². The van der Waals surface area contributed by atoms with Crippen LogP contribution >= 0.6 is 11.8 Å². The van der Waals surface area contributed by atoms with Crippen LogP contribution in [0.5, 0.6) is 11.5 Å². The summed E-state index contributed by atoms with van der Waals surface area (Å²) in [6.07, 6.45) is 2.08. The van der Waals surface area contributed by atoms with Crippen LogP contribution in [0.3, 0.4) is 0 Å². The lowest BCUT2D eigenvalue weighted by Crippen LogP contribution is -2.04. The van der Waals surface area contributed by atoms with E-state index < -0.39 is 0 Å². The third kappa shape index (κ3) is 3.09. The third-order valence-electron chi connectivity index (χ3n) is 3.26. The van der Waals surface area contributed by atoms with Gasteiger partial charge in [-0.2, -0.15) is 0 Å². The van der Waals surface area contributed by atoms with E-state index in [1.54, 1.807) is 26.0 Å². The highest BCUT2D eigenvalue weighted by molar-refractivity contribution is 8.03. The Morgan fingerprint density at radius 3 is 2.71 bits per heavy atom. The molecule has 0 bridgehead atoms. The first-order valence-electron chi connectivity index (χ1n) is 6.66. The molecule has 0 spiro atoms. The van der Waals surface area contributed by atoms with E-state index in [1.807, 2.05) is 30.3 Å². The van der Waals surface area contributed by atoms with E-state index in [0.29, 0.717) is 11.5 Å². The number of nitrogens with one attached hydrogen (secondary N) is 1. The van der Waals surface area contributed by atoms with Gasteiger partial charge in [0.1, 0.15) is 11.5 Å². The summed E-state index contributed by atoms with van der Waals surface area (Å²) in [7, 11) is 3.26. The summed E-state index contributed by atoms with van der Waals surface area (Å²) in [6.45, 7) is 0.914. The second-order valence-corrected chi connectivity index (χ2v) is 5.70. The maximum Gasteiger partial charge on any atom is 0.161 e. The third-order valence-corrected chi connectivity index (χ3v) is 4.24. The maximum absolute atomic E-state index is 5.89. The second-order valence-electron chi connectivity index (χ2n) is 4.60. The van der Waals surface area contributed by atoms with Crippen LogP contribution in [0.4, 0.5) is 0 Å². The largest absolute Gasteiger partial charge is 0.493 e. The van der Waals surface area contributed by atoms with Crippen molar-refractivity contribution in [2.45, 2.75) is 0 Å². The van der Waals surface area contributed by atoms with Gasteiger partial charge < -0.3 is 19.2 Å². The summed E-state index contributed by atoms with van der Waals surface area (Å²) in [4.78, 5) is 1.29. The zero-order chi connectivity index (χ0) is 14.7. The first-order chi connectivity index (χ1) is 10.3. The van der Waals surface area contributed by atoms with E-state index in [-0.39, 0.29) is 0 Å². The van der Waals surface area contributed by atoms with Gasteiger partial charge in [0.15, 0.2) is 11.5 Å². The van der Waals surface area contributed by atoms with Gasteiger partial charge in [0, 0.05) is 22.9 Å². The van der Waals surface area contributed by atoms with E-state index in [2.05, 4.69) is 11.4 Å². The zero-order valence-corrected chi connectivity index (χ0v) is 12.8. The predicted octanol–water partition coefficient (Wildman–Crippen LogP) is 3.60. The van der Waals surface area contributed by atoms with Gasteiger partial charge in [-0.05, 0) is 36.4 Å². The van der Waals surface area contributed by atoms with Gasteiger partial charge in [-0.3, -0.25) is 0 Å². The number of benzene rings is 1. The second kappa shape index (κ2) is 6.28. The van der Waals surface area contributed by atoms with E-state index >= 15 is 0 Å². The Labute approximate surface area is 128 Å². The minimum atomic E-state index is 0.696. The number of ether oxygens (including phenoxy) is 2. The van der Waals surface area contributed by atoms with Gasteiger partial charge in [-0.25, -0.2) is 0 Å². The Bertz CT molecular complexity index is 655. The van der Waals surface area contributed by atoms with Crippen molar-refractivity contribution < 1.29 is 13.9 Å². The van der Waals surface area contributed by atoms with Crippen LogP contribution in [0.2, 0.25) is 0 Å². The van der Waals surface area contributed by atoms with Gasteiger partial charge in [0.2, 0.25) is 0 Å². The fraction of sp³-hybridized carbons (Fsp3) is 0.250. The van der Waals surface area contributed by atoms with Crippen molar-refractivity contribution in [2.24, 2.45) is 0 Å². The van der Waals surface area contributed by atoms with Crippen LogP contribution < -0.4 is 14.8 Å². The Kier molecular flexibility index (Phi) is 4.22. The van der Waals surface area contributed by atoms with Crippen LogP contribution in [0, 0.1) is 0 Å². The highest BCUT2D eigenvalue weighted by Crippen LogP contribution is 2.33. The molecule has 0 aliphatic carbocycles. The molecule has 110 valence electrons. The van der Waals surface area contributed by atoms with Crippen molar-refractivity contribution in [3.8, 4) is 22.8 Å². The number of furan rings is 1. The first-order valence-corrected chi connectivity index (χ1v) is 7.65. The maximum atomic E-state index is 5.89. The molecule has 0 radical (unpaired) electrons. The molecule has 1 saturated heterocycles. The molecule has 1 aromatic carbocycles. The molecule has 1 fully saturated rings. The van der Waals surface area contributed by atoms with E-state index in [9.17, 15) is 0 Å². The van der Waals surface area contributed by atoms with Crippen LogP contribution in [-0.4, -0.2) is 26.6 Å². The van der Waals surface area contributed by atoms with E-state index in [0.717, 1.165) is 29.5 Å². The molecule has 0 unspecified atom stereocenters. The summed E-state index contributed by atoms with van der Waals surface area (Å²) in [5, 5.41) is 3.28. The number of hydrogen-bond donors (Lipinski definition) is 1. The van der Waals surface area contributed by atoms with Gasteiger partial charge in [0.25, 0.3) is 0 Å². The molecule has 0 atom stereocenters. The van der Waals surface area contributed by atoms with Crippen LogP contribution in [0.1, 0.15) is 5.76 Å². The standard InChI is InChI=1S/C16H17NO3S/c1-18-15-5-3-11(7-16(15)19-2)14-6-4-12(20-14)8-13-9-17-10-21-13/h3-8,17H,9-10H2,1-2H3. The molecule has 1 N–H and O–H groups in total. The number of rotatable bonds is 4. The van der Waals surface area contributed by atoms with Crippen molar-refractivity contribution in [2.75, 3.05) is 26.6 Å². The molecule has 2 aromatic rings. The Morgan fingerprint density at radius 1 is 1.14 bits per heavy atom. The molecule has 2 heterocycles. The minimum Gasteiger partial charge on any atom is -0.493 e. The van der Waals surface area contributed by atoms with Crippen molar-refractivity contribution in [3.63, 3.8) is 0 Å². The number of thioether (sulfide) groups is 1. The van der Waals surface area contributed by atoms with Crippen molar-refractivity contribution >= 4 is 17.8 Å². The van der Waals surface area contributed by atoms with Crippen molar-refractivity contribution in [3.05, 3.63) is 41.0 Å². The Morgan fingerprint density at radius 2 is 2.00 bits per heavy atom. The van der Waals surface area contributed by atoms with Crippen LogP contribution in [-0.2, 0) is 0 Å². The normalized spacial score (nSPS) is 16.4. The fourth-order valence-corrected chi connectivity index (χ4v) is 2.99. The highest BCUT2D eigenvalue weighted by Gasteiger charge is 2.11. The Hall–Kier alpha value is -1.85. The lowest BCUT2D eigenvalue weighted by molar-refractivity contribution is 0.355. The highest BCUT2D eigenvalue weighted by atomic mass is 32.2. The molecule has 4 nitrogen and oxygen atoms in total. The molecule has 3 rings (SSSR count). The van der Waals surface area contributed by atoms with E-state index in [1.165, 1.54) is 4.91 Å². The van der Waals surface area contributed by atoms with Gasteiger partial charge in [0.05, 0.1) is 14.2 Å². The topological polar surface area (TPSA) is 43.6 Å². The fourth-order valence-electron chi connectivity index (χ4n) is 2.20. The SMILES string of the molecule is COc1ccc(-c2ccc(C=C3CNCS3)o2)cc1OC. The van der Waals surface area contributed by atoms with Crippen molar-refractivity contribution in [1.82, 2.24) is 5.32 Å².